The first-order chi connectivity index (χ1) is 15.3. The summed E-state index contributed by atoms with van der Waals surface area (Å²) in [5.41, 5.74) is 5.26. The van der Waals surface area contributed by atoms with Gasteiger partial charge in [-0.15, -0.1) is 0 Å². The number of nitrogens with zero attached hydrogens (tertiary/aromatic N) is 2. The Morgan fingerprint density at radius 1 is 1.03 bits per heavy atom. The summed E-state index contributed by atoms with van der Waals surface area (Å²) in [6.45, 7) is 5.63. The third-order valence-electron chi connectivity index (χ3n) is 6.69. The molecular formula is C25H31N3O3. The van der Waals surface area contributed by atoms with Crippen molar-refractivity contribution in [3.63, 3.8) is 0 Å². The van der Waals surface area contributed by atoms with E-state index in [0.717, 1.165) is 63.9 Å². The Morgan fingerprint density at radius 2 is 1.81 bits per heavy atom. The number of ether oxygens (including phenoxy) is 3. The van der Waals surface area contributed by atoms with Crippen LogP contribution in [0.5, 0.6) is 11.5 Å². The number of fused-ring (bicyclic) bond motifs is 2. The highest BCUT2D eigenvalue weighted by Crippen LogP contribution is 2.40. The van der Waals surface area contributed by atoms with Crippen molar-refractivity contribution < 1.29 is 14.2 Å². The number of aromatic nitrogens is 1. The fourth-order valence-corrected chi connectivity index (χ4v) is 5.00. The first-order valence-electron chi connectivity index (χ1n) is 11.1. The Hall–Kier alpha value is -2.54. The van der Waals surface area contributed by atoms with Crippen LogP contribution < -0.4 is 9.47 Å². The molecule has 0 spiro atoms. The molecule has 2 aromatic carbocycles. The van der Waals surface area contributed by atoms with E-state index in [4.69, 9.17) is 14.2 Å². The lowest BCUT2D eigenvalue weighted by Gasteiger charge is -2.41. The highest BCUT2D eigenvalue weighted by Gasteiger charge is 2.31. The molecule has 6 heteroatoms. The Kier molecular flexibility index (Phi) is 5.85. The molecule has 3 aromatic rings. The third-order valence-corrected chi connectivity index (χ3v) is 6.69. The summed E-state index contributed by atoms with van der Waals surface area (Å²) >= 11 is 0. The van der Waals surface area contributed by atoms with Gasteiger partial charge in [-0.05, 0) is 47.7 Å². The van der Waals surface area contributed by atoms with Gasteiger partial charge in [0.2, 0.25) is 0 Å². The fraction of sp³-hybridized carbons (Fsp3) is 0.440. The number of benzene rings is 2. The van der Waals surface area contributed by atoms with Gasteiger partial charge in [0, 0.05) is 42.8 Å². The van der Waals surface area contributed by atoms with Gasteiger partial charge in [-0.3, -0.25) is 9.80 Å². The first-order valence-corrected chi connectivity index (χ1v) is 11.1. The summed E-state index contributed by atoms with van der Waals surface area (Å²) in [7, 11) is 3.43. The Morgan fingerprint density at radius 3 is 2.61 bits per heavy atom. The van der Waals surface area contributed by atoms with Gasteiger partial charge >= 0.3 is 0 Å². The van der Waals surface area contributed by atoms with Gasteiger partial charge < -0.3 is 19.2 Å². The lowest BCUT2D eigenvalue weighted by molar-refractivity contribution is -0.00229. The predicted molar refractivity (Wildman–Crippen MR) is 122 cm³/mol. The minimum atomic E-state index is 0.283. The van der Waals surface area contributed by atoms with Gasteiger partial charge in [-0.1, -0.05) is 18.2 Å². The standard InChI is InChI=1S/C25H31N3O3/c1-29-24-14-18-7-8-28(17-27-9-11-31-12-10-27)23(21(18)15-25(24)30-2)13-19-16-26-22-6-4-3-5-20(19)22/h3-6,14-16,23,26H,7-13,17H2,1-2H3/t23-/m0/s1. The number of hydrogen-bond acceptors (Lipinski definition) is 5. The summed E-state index contributed by atoms with van der Waals surface area (Å²) in [6, 6.07) is 13.2. The summed E-state index contributed by atoms with van der Waals surface area (Å²) in [5, 5.41) is 1.31. The molecule has 31 heavy (non-hydrogen) atoms. The molecule has 3 heterocycles. The largest absolute Gasteiger partial charge is 0.493 e. The zero-order valence-electron chi connectivity index (χ0n) is 18.4. The SMILES string of the molecule is COc1cc2c(cc1OC)[C@H](Cc1c[nH]c3ccccc13)N(CN1CCOCC1)CC2. The molecule has 0 amide bonds. The van der Waals surface area contributed by atoms with Crippen LogP contribution in [0.2, 0.25) is 0 Å². The topological polar surface area (TPSA) is 50.0 Å². The van der Waals surface area contributed by atoms with Crippen molar-refractivity contribution in [2.75, 3.05) is 53.7 Å². The third kappa shape index (κ3) is 4.03. The number of hydrogen-bond donors (Lipinski definition) is 1. The number of morpholine rings is 1. The molecule has 164 valence electrons. The fourth-order valence-electron chi connectivity index (χ4n) is 5.00. The second-order valence-corrected chi connectivity index (χ2v) is 8.42. The minimum absolute atomic E-state index is 0.283. The van der Waals surface area contributed by atoms with E-state index < -0.39 is 0 Å². The molecule has 1 atom stereocenters. The molecule has 0 aliphatic carbocycles. The van der Waals surface area contributed by atoms with Crippen molar-refractivity contribution in [3.8, 4) is 11.5 Å². The molecule has 0 bridgehead atoms. The number of nitrogens with one attached hydrogen (secondary N) is 1. The molecule has 5 rings (SSSR count). The summed E-state index contributed by atoms with van der Waals surface area (Å²) in [5.74, 6) is 1.62. The van der Waals surface area contributed by atoms with Crippen LogP contribution in [0.4, 0.5) is 0 Å². The molecule has 0 radical (unpaired) electrons. The van der Waals surface area contributed by atoms with E-state index in [2.05, 4.69) is 57.4 Å². The smallest absolute Gasteiger partial charge is 0.161 e. The van der Waals surface area contributed by atoms with Crippen LogP contribution in [0.1, 0.15) is 22.7 Å². The number of methoxy groups -OCH3 is 2. The van der Waals surface area contributed by atoms with Gasteiger partial charge in [0.1, 0.15) is 0 Å². The quantitative estimate of drug-likeness (QED) is 0.659. The van der Waals surface area contributed by atoms with Crippen LogP contribution in [-0.2, 0) is 17.6 Å². The van der Waals surface area contributed by atoms with Gasteiger partial charge in [-0.2, -0.15) is 0 Å². The summed E-state index contributed by atoms with van der Waals surface area (Å²) < 4.78 is 16.8. The van der Waals surface area contributed by atoms with Crippen LogP contribution in [0.25, 0.3) is 10.9 Å². The lowest BCUT2D eigenvalue weighted by atomic mass is 9.88. The lowest BCUT2D eigenvalue weighted by Crippen LogP contribution is -2.47. The highest BCUT2D eigenvalue weighted by atomic mass is 16.5. The predicted octanol–water partition coefficient (Wildman–Crippen LogP) is 3.62. The van der Waals surface area contributed by atoms with Crippen LogP contribution in [0.15, 0.2) is 42.6 Å². The Labute approximate surface area is 183 Å². The number of aromatic amines is 1. The molecule has 6 nitrogen and oxygen atoms in total. The first kappa shape index (κ1) is 20.4. The van der Waals surface area contributed by atoms with Crippen LogP contribution in [0.3, 0.4) is 0 Å². The molecule has 1 saturated heterocycles. The van der Waals surface area contributed by atoms with E-state index in [1.54, 1.807) is 14.2 Å². The zero-order valence-corrected chi connectivity index (χ0v) is 18.4. The van der Waals surface area contributed by atoms with Gasteiger partial charge in [0.15, 0.2) is 11.5 Å². The van der Waals surface area contributed by atoms with Crippen molar-refractivity contribution in [2.24, 2.45) is 0 Å². The van der Waals surface area contributed by atoms with Crippen LogP contribution >= 0.6 is 0 Å². The summed E-state index contributed by atoms with van der Waals surface area (Å²) in [4.78, 5) is 8.59. The molecule has 1 N–H and O–H groups in total. The van der Waals surface area contributed by atoms with Crippen LogP contribution in [0, 0.1) is 0 Å². The molecule has 2 aliphatic rings. The Bertz CT molecular complexity index is 1040. The number of H-pyrrole nitrogens is 1. The average Bonchev–Trinajstić information content (AvgIpc) is 3.23. The summed E-state index contributed by atoms with van der Waals surface area (Å²) in [6.07, 6.45) is 4.15. The van der Waals surface area contributed by atoms with Gasteiger partial charge in [-0.25, -0.2) is 0 Å². The highest BCUT2D eigenvalue weighted by molar-refractivity contribution is 5.83. The number of para-hydroxylation sites is 1. The van der Waals surface area contributed by atoms with E-state index in [1.807, 2.05) is 0 Å². The molecular weight excluding hydrogens is 390 g/mol. The maximum absolute atomic E-state index is 5.66. The zero-order chi connectivity index (χ0) is 21.2. The maximum Gasteiger partial charge on any atom is 0.161 e. The molecule has 0 saturated carbocycles. The van der Waals surface area contributed by atoms with E-state index in [1.165, 1.54) is 27.6 Å². The monoisotopic (exact) mass is 421 g/mol. The van der Waals surface area contributed by atoms with E-state index in [-0.39, 0.29) is 6.04 Å². The average molecular weight is 422 g/mol. The minimum Gasteiger partial charge on any atom is -0.493 e. The Balaban J connectivity index is 1.51. The second-order valence-electron chi connectivity index (χ2n) is 8.42. The molecule has 0 unspecified atom stereocenters. The van der Waals surface area contributed by atoms with Crippen molar-refractivity contribution in [3.05, 3.63) is 59.3 Å². The van der Waals surface area contributed by atoms with Crippen molar-refractivity contribution in [1.29, 1.82) is 0 Å². The molecule has 1 fully saturated rings. The van der Waals surface area contributed by atoms with E-state index >= 15 is 0 Å². The maximum atomic E-state index is 5.66. The van der Waals surface area contributed by atoms with Gasteiger partial charge in [0.05, 0.1) is 34.1 Å². The molecule has 1 aromatic heterocycles. The van der Waals surface area contributed by atoms with E-state index in [9.17, 15) is 0 Å². The van der Waals surface area contributed by atoms with Crippen LogP contribution in [-0.4, -0.2) is 68.5 Å². The van der Waals surface area contributed by atoms with Gasteiger partial charge in [0.25, 0.3) is 0 Å². The van der Waals surface area contributed by atoms with E-state index in [0.29, 0.717) is 0 Å². The second kappa shape index (κ2) is 8.91. The normalized spacial score (nSPS) is 20.0. The van der Waals surface area contributed by atoms with Crippen molar-refractivity contribution in [1.82, 2.24) is 14.8 Å². The van der Waals surface area contributed by atoms with Crippen molar-refractivity contribution in [2.45, 2.75) is 18.9 Å². The van der Waals surface area contributed by atoms with Crippen molar-refractivity contribution >= 4 is 10.9 Å². The number of rotatable bonds is 6. The molecule has 2 aliphatic heterocycles.